The minimum atomic E-state index is -0.0941. The largest absolute Gasteiger partial charge is 0.393 e. The van der Waals surface area contributed by atoms with Crippen LogP contribution >= 0.6 is 0 Å². The number of benzene rings is 1. The van der Waals surface area contributed by atoms with Crippen LogP contribution in [0.4, 0.5) is 0 Å². The second kappa shape index (κ2) is 4.80. The van der Waals surface area contributed by atoms with Gasteiger partial charge in [-0.05, 0) is 42.7 Å². The van der Waals surface area contributed by atoms with Gasteiger partial charge in [0.25, 0.3) is 0 Å². The molecule has 1 unspecified atom stereocenters. The summed E-state index contributed by atoms with van der Waals surface area (Å²) >= 11 is 0. The van der Waals surface area contributed by atoms with Gasteiger partial charge in [0.2, 0.25) is 0 Å². The molecule has 0 aliphatic heterocycles. The molecule has 1 heteroatoms. The quantitative estimate of drug-likeness (QED) is 0.802. The molecule has 0 radical (unpaired) electrons. The topological polar surface area (TPSA) is 20.2 Å². The molecular weight excluding hydrogens is 184 g/mol. The fourth-order valence-corrected chi connectivity index (χ4v) is 2.59. The Labute approximate surface area is 92.1 Å². The first-order chi connectivity index (χ1) is 7.31. The highest BCUT2D eigenvalue weighted by Gasteiger charge is 2.23. The van der Waals surface area contributed by atoms with Gasteiger partial charge in [0, 0.05) is 0 Å². The third kappa shape index (κ3) is 2.40. The number of hydrogen-bond donors (Lipinski definition) is 1. The minimum Gasteiger partial charge on any atom is -0.393 e. The lowest BCUT2D eigenvalue weighted by molar-refractivity contribution is 0.0901. The molecule has 0 saturated heterocycles. The van der Waals surface area contributed by atoms with Crippen LogP contribution in [0.5, 0.6) is 0 Å². The van der Waals surface area contributed by atoms with Crippen LogP contribution in [0.15, 0.2) is 24.3 Å². The molecule has 0 aromatic heterocycles. The van der Waals surface area contributed by atoms with Crippen molar-refractivity contribution >= 4 is 0 Å². The van der Waals surface area contributed by atoms with Crippen LogP contribution in [-0.4, -0.2) is 11.2 Å². The van der Waals surface area contributed by atoms with E-state index in [-0.39, 0.29) is 6.10 Å². The first-order valence-corrected chi connectivity index (χ1v) is 6.06. The monoisotopic (exact) mass is 204 g/mol. The standard InChI is InChI=1S/C14H20O/c1-2-5-14(15)13-9-8-11-6-3-4-7-12(11)10-13/h3-4,6-7,13-15H,2,5,8-10H2,1H3/t13?,14-/m0/s1. The van der Waals surface area contributed by atoms with E-state index >= 15 is 0 Å². The Bertz CT molecular complexity index is 319. The summed E-state index contributed by atoms with van der Waals surface area (Å²) in [6.45, 7) is 2.14. The normalized spacial score (nSPS) is 22.1. The zero-order valence-corrected chi connectivity index (χ0v) is 9.45. The Morgan fingerprint density at radius 3 is 2.80 bits per heavy atom. The second-order valence-electron chi connectivity index (χ2n) is 4.63. The minimum absolute atomic E-state index is 0.0941. The van der Waals surface area contributed by atoms with E-state index in [0.29, 0.717) is 5.92 Å². The molecule has 82 valence electrons. The molecule has 0 amide bonds. The first-order valence-electron chi connectivity index (χ1n) is 6.06. The molecule has 1 N–H and O–H groups in total. The first kappa shape index (κ1) is 10.7. The number of fused-ring (bicyclic) bond motifs is 1. The molecule has 0 bridgehead atoms. The van der Waals surface area contributed by atoms with Crippen LogP contribution in [-0.2, 0) is 12.8 Å². The molecule has 1 aromatic rings. The van der Waals surface area contributed by atoms with E-state index in [1.165, 1.54) is 11.1 Å². The van der Waals surface area contributed by atoms with Crippen molar-refractivity contribution in [2.75, 3.05) is 0 Å². The van der Waals surface area contributed by atoms with Crippen molar-refractivity contribution in [3.05, 3.63) is 35.4 Å². The van der Waals surface area contributed by atoms with Crippen molar-refractivity contribution in [3.63, 3.8) is 0 Å². The molecular formula is C14H20O. The molecule has 0 fully saturated rings. The van der Waals surface area contributed by atoms with Crippen LogP contribution in [0.2, 0.25) is 0 Å². The van der Waals surface area contributed by atoms with Gasteiger partial charge in [-0.15, -0.1) is 0 Å². The van der Waals surface area contributed by atoms with Gasteiger partial charge in [-0.2, -0.15) is 0 Å². The molecule has 2 rings (SSSR count). The van der Waals surface area contributed by atoms with E-state index in [9.17, 15) is 5.11 Å². The van der Waals surface area contributed by atoms with E-state index in [0.717, 1.165) is 32.1 Å². The predicted molar refractivity (Wildman–Crippen MR) is 62.9 cm³/mol. The fraction of sp³-hybridized carbons (Fsp3) is 0.571. The number of aliphatic hydroxyl groups is 1. The highest BCUT2D eigenvalue weighted by Crippen LogP contribution is 2.28. The maximum absolute atomic E-state index is 10.00. The average molecular weight is 204 g/mol. The van der Waals surface area contributed by atoms with Gasteiger partial charge in [0.1, 0.15) is 0 Å². The molecule has 1 aliphatic rings. The SMILES string of the molecule is CCC[C@H](O)C1CCc2ccccc2C1. The second-order valence-corrected chi connectivity index (χ2v) is 4.63. The maximum Gasteiger partial charge on any atom is 0.0571 e. The Kier molecular flexibility index (Phi) is 3.42. The Morgan fingerprint density at radius 1 is 1.33 bits per heavy atom. The zero-order chi connectivity index (χ0) is 10.7. The highest BCUT2D eigenvalue weighted by atomic mass is 16.3. The van der Waals surface area contributed by atoms with Crippen molar-refractivity contribution in [2.24, 2.45) is 5.92 Å². The molecule has 1 aromatic carbocycles. The number of aryl methyl sites for hydroxylation is 1. The lowest BCUT2D eigenvalue weighted by Crippen LogP contribution is -2.26. The molecule has 0 heterocycles. The molecule has 2 atom stereocenters. The van der Waals surface area contributed by atoms with Crippen molar-refractivity contribution in [2.45, 2.75) is 45.1 Å². The van der Waals surface area contributed by atoms with Gasteiger partial charge < -0.3 is 5.11 Å². The van der Waals surface area contributed by atoms with Gasteiger partial charge in [-0.1, -0.05) is 37.6 Å². The Balaban J connectivity index is 2.05. The molecule has 1 aliphatic carbocycles. The Hall–Kier alpha value is -0.820. The van der Waals surface area contributed by atoms with Crippen molar-refractivity contribution < 1.29 is 5.11 Å². The van der Waals surface area contributed by atoms with Crippen molar-refractivity contribution in [1.82, 2.24) is 0 Å². The summed E-state index contributed by atoms with van der Waals surface area (Å²) in [5, 5.41) is 10.00. The number of aliphatic hydroxyl groups excluding tert-OH is 1. The fourth-order valence-electron chi connectivity index (χ4n) is 2.59. The number of hydrogen-bond acceptors (Lipinski definition) is 1. The van der Waals surface area contributed by atoms with Gasteiger partial charge in [0.15, 0.2) is 0 Å². The molecule has 1 nitrogen and oxygen atoms in total. The van der Waals surface area contributed by atoms with Gasteiger partial charge in [-0.25, -0.2) is 0 Å². The van der Waals surface area contributed by atoms with Crippen LogP contribution in [0, 0.1) is 5.92 Å². The molecule has 0 saturated carbocycles. The van der Waals surface area contributed by atoms with Crippen LogP contribution in [0.25, 0.3) is 0 Å². The third-order valence-corrected chi connectivity index (χ3v) is 3.51. The van der Waals surface area contributed by atoms with Crippen molar-refractivity contribution in [1.29, 1.82) is 0 Å². The molecule has 15 heavy (non-hydrogen) atoms. The highest BCUT2D eigenvalue weighted by molar-refractivity contribution is 5.29. The van der Waals surface area contributed by atoms with Crippen LogP contribution in [0.1, 0.15) is 37.3 Å². The van der Waals surface area contributed by atoms with Crippen molar-refractivity contribution in [3.8, 4) is 0 Å². The Morgan fingerprint density at radius 2 is 2.07 bits per heavy atom. The van der Waals surface area contributed by atoms with E-state index in [1.54, 1.807) is 0 Å². The number of rotatable bonds is 3. The van der Waals surface area contributed by atoms with Crippen LogP contribution < -0.4 is 0 Å². The van der Waals surface area contributed by atoms with E-state index in [4.69, 9.17) is 0 Å². The van der Waals surface area contributed by atoms with Gasteiger partial charge in [-0.3, -0.25) is 0 Å². The lowest BCUT2D eigenvalue weighted by Gasteiger charge is -2.28. The lowest BCUT2D eigenvalue weighted by atomic mass is 9.80. The van der Waals surface area contributed by atoms with Crippen LogP contribution in [0.3, 0.4) is 0 Å². The summed E-state index contributed by atoms with van der Waals surface area (Å²) in [4.78, 5) is 0. The summed E-state index contributed by atoms with van der Waals surface area (Å²) in [5.41, 5.74) is 2.93. The summed E-state index contributed by atoms with van der Waals surface area (Å²) in [6.07, 6.45) is 5.30. The van der Waals surface area contributed by atoms with Gasteiger partial charge >= 0.3 is 0 Å². The zero-order valence-electron chi connectivity index (χ0n) is 9.45. The summed E-state index contributed by atoms with van der Waals surface area (Å²) in [6, 6.07) is 8.65. The predicted octanol–water partition coefficient (Wildman–Crippen LogP) is 2.95. The summed E-state index contributed by atoms with van der Waals surface area (Å²) in [5.74, 6) is 0.486. The summed E-state index contributed by atoms with van der Waals surface area (Å²) < 4.78 is 0. The van der Waals surface area contributed by atoms with E-state index in [2.05, 4.69) is 31.2 Å². The average Bonchev–Trinajstić information content (AvgIpc) is 2.29. The van der Waals surface area contributed by atoms with E-state index in [1.807, 2.05) is 0 Å². The smallest absolute Gasteiger partial charge is 0.0571 e. The maximum atomic E-state index is 10.00. The third-order valence-electron chi connectivity index (χ3n) is 3.51. The van der Waals surface area contributed by atoms with Gasteiger partial charge in [0.05, 0.1) is 6.10 Å². The van der Waals surface area contributed by atoms with E-state index < -0.39 is 0 Å². The molecule has 0 spiro atoms. The summed E-state index contributed by atoms with van der Waals surface area (Å²) in [7, 11) is 0.